The number of carbonyl (C=O) groups excluding carboxylic acids is 1. The number of fused-ring (bicyclic) bond motifs is 1. The normalized spacial score (nSPS) is 20.1. The van der Waals surface area contributed by atoms with Crippen LogP contribution in [0.15, 0.2) is 33.7 Å². The molecule has 1 aromatic carbocycles. The number of carbonyl (C=O) groups is 1. The summed E-state index contributed by atoms with van der Waals surface area (Å²) in [5.74, 6) is 0.887. The van der Waals surface area contributed by atoms with Crippen LogP contribution in [-0.4, -0.2) is 43.5 Å². The van der Waals surface area contributed by atoms with Gasteiger partial charge in [-0.3, -0.25) is 4.79 Å². The Morgan fingerprint density at radius 3 is 2.82 bits per heavy atom. The van der Waals surface area contributed by atoms with Crippen molar-refractivity contribution in [3.05, 3.63) is 35.7 Å². The number of hydrogen-bond acceptors (Lipinski definition) is 6. The van der Waals surface area contributed by atoms with E-state index in [2.05, 4.69) is 5.16 Å². The number of anilines is 1. The van der Waals surface area contributed by atoms with Gasteiger partial charge in [0.25, 0.3) is 0 Å². The number of amides is 1. The monoisotopic (exact) mass is 405 g/mol. The fraction of sp³-hybridized carbons (Fsp3) is 0.474. The van der Waals surface area contributed by atoms with Gasteiger partial charge >= 0.3 is 0 Å². The highest BCUT2D eigenvalue weighted by molar-refractivity contribution is 7.89. The van der Waals surface area contributed by atoms with Crippen LogP contribution in [0.1, 0.15) is 44.2 Å². The average molecular weight is 405 g/mol. The Morgan fingerprint density at radius 1 is 1.29 bits per heavy atom. The van der Waals surface area contributed by atoms with Crippen molar-refractivity contribution in [2.45, 2.75) is 44.0 Å². The van der Waals surface area contributed by atoms with Crippen LogP contribution in [0.4, 0.5) is 5.69 Å². The number of rotatable bonds is 4. The van der Waals surface area contributed by atoms with Crippen molar-refractivity contribution in [2.24, 2.45) is 0 Å². The molecular formula is C19H23N3O5S. The molecule has 150 valence electrons. The van der Waals surface area contributed by atoms with Crippen LogP contribution in [0, 0.1) is 0 Å². The molecule has 1 atom stereocenters. The number of benzene rings is 1. The van der Waals surface area contributed by atoms with Crippen LogP contribution in [-0.2, 0) is 21.2 Å². The first kappa shape index (κ1) is 18.9. The maximum atomic E-state index is 13.3. The molecular weight excluding hydrogens is 382 g/mol. The molecule has 28 heavy (non-hydrogen) atoms. The van der Waals surface area contributed by atoms with E-state index in [1.54, 1.807) is 11.0 Å². The van der Waals surface area contributed by atoms with Crippen molar-refractivity contribution in [1.29, 1.82) is 0 Å². The maximum absolute atomic E-state index is 13.3. The lowest BCUT2D eigenvalue weighted by molar-refractivity contribution is -0.116. The van der Waals surface area contributed by atoms with Gasteiger partial charge in [0.15, 0.2) is 5.76 Å². The van der Waals surface area contributed by atoms with E-state index in [0.29, 0.717) is 43.3 Å². The summed E-state index contributed by atoms with van der Waals surface area (Å²) in [4.78, 5) is 13.6. The first-order chi connectivity index (χ1) is 13.4. The Bertz CT molecular complexity index is 1000. The average Bonchev–Trinajstić information content (AvgIpc) is 3.36. The quantitative estimate of drug-likeness (QED) is 0.776. The molecule has 0 aliphatic carbocycles. The van der Waals surface area contributed by atoms with Crippen molar-refractivity contribution in [3.63, 3.8) is 0 Å². The highest BCUT2D eigenvalue weighted by atomic mass is 32.2. The molecule has 1 amide bonds. The summed E-state index contributed by atoms with van der Waals surface area (Å²) in [6.07, 6.45) is 2.18. The maximum Gasteiger partial charge on any atom is 0.243 e. The zero-order valence-corrected chi connectivity index (χ0v) is 16.7. The number of sulfonamides is 1. The van der Waals surface area contributed by atoms with Crippen LogP contribution in [0.3, 0.4) is 0 Å². The highest BCUT2D eigenvalue weighted by Gasteiger charge is 2.39. The van der Waals surface area contributed by atoms with Gasteiger partial charge in [0, 0.05) is 25.6 Å². The molecule has 1 fully saturated rings. The second-order valence-corrected chi connectivity index (χ2v) is 8.89. The van der Waals surface area contributed by atoms with E-state index in [1.807, 2.05) is 13.0 Å². The molecule has 1 aromatic heterocycles. The molecule has 0 bridgehead atoms. The van der Waals surface area contributed by atoms with Crippen molar-refractivity contribution < 1.29 is 22.5 Å². The second-order valence-electron chi connectivity index (χ2n) is 7.00. The summed E-state index contributed by atoms with van der Waals surface area (Å²) >= 11 is 0. The zero-order valence-electron chi connectivity index (χ0n) is 15.9. The molecule has 2 aliphatic heterocycles. The summed E-state index contributed by atoms with van der Waals surface area (Å²) < 4.78 is 39.2. The SMILES string of the molecule is CCc1cc(C2CCCN2S(=O)(=O)c2ccc3c(c2)OCCN3C(C)=O)on1. The molecule has 1 saturated heterocycles. The number of nitrogens with zero attached hydrogens (tertiary/aromatic N) is 3. The number of aryl methyl sites for hydroxylation is 1. The van der Waals surface area contributed by atoms with Crippen LogP contribution in [0.25, 0.3) is 0 Å². The molecule has 2 aliphatic rings. The molecule has 1 unspecified atom stereocenters. The van der Waals surface area contributed by atoms with Gasteiger partial charge in [0.1, 0.15) is 12.4 Å². The lowest BCUT2D eigenvalue weighted by Gasteiger charge is -2.29. The van der Waals surface area contributed by atoms with E-state index in [-0.39, 0.29) is 16.8 Å². The molecule has 8 nitrogen and oxygen atoms in total. The summed E-state index contributed by atoms with van der Waals surface area (Å²) in [6, 6.07) is 6.15. The first-order valence-corrected chi connectivity index (χ1v) is 10.9. The van der Waals surface area contributed by atoms with Crippen LogP contribution >= 0.6 is 0 Å². The van der Waals surface area contributed by atoms with Gasteiger partial charge in [-0.1, -0.05) is 12.1 Å². The Balaban J connectivity index is 1.67. The minimum atomic E-state index is -3.74. The Labute approximate surface area is 164 Å². The van der Waals surface area contributed by atoms with Gasteiger partial charge in [0.2, 0.25) is 15.9 Å². The number of hydrogen-bond donors (Lipinski definition) is 0. The van der Waals surface area contributed by atoms with Crippen LogP contribution in [0.2, 0.25) is 0 Å². The summed E-state index contributed by atoms with van der Waals surface area (Å²) in [5.41, 5.74) is 1.41. The van der Waals surface area contributed by atoms with Crippen molar-refractivity contribution in [2.75, 3.05) is 24.6 Å². The molecule has 4 rings (SSSR count). The van der Waals surface area contributed by atoms with Crippen LogP contribution in [0.5, 0.6) is 5.75 Å². The molecule has 9 heteroatoms. The summed E-state index contributed by atoms with van der Waals surface area (Å²) in [5, 5.41) is 4.00. The molecule has 3 heterocycles. The fourth-order valence-corrected chi connectivity index (χ4v) is 5.47. The lowest BCUT2D eigenvalue weighted by Crippen LogP contribution is -2.36. The van der Waals surface area contributed by atoms with Crippen molar-refractivity contribution in [3.8, 4) is 5.75 Å². The van der Waals surface area contributed by atoms with Gasteiger partial charge in [-0.05, 0) is 31.4 Å². The van der Waals surface area contributed by atoms with E-state index in [1.165, 1.54) is 23.4 Å². The minimum absolute atomic E-state index is 0.100. The van der Waals surface area contributed by atoms with Gasteiger partial charge in [0.05, 0.1) is 28.9 Å². The predicted octanol–water partition coefficient (Wildman–Crippen LogP) is 2.51. The lowest BCUT2D eigenvalue weighted by atomic mass is 10.1. The van der Waals surface area contributed by atoms with E-state index in [4.69, 9.17) is 9.26 Å². The second kappa shape index (κ2) is 7.21. The predicted molar refractivity (Wildman–Crippen MR) is 102 cm³/mol. The molecule has 0 N–H and O–H groups in total. The summed E-state index contributed by atoms with van der Waals surface area (Å²) in [6.45, 7) is 4.67. The first-order valence-electron chi connectivity index (χ1n) is 9.44. The van der Waals surface area contributed by atoms with E-state index in [0.717, 1.165) is 18.5 Å². The third-order valence-electron chi connectivity index (χ3n) is 5.25. The Hall–Kier alpha value is -2.39. The van der Waals surface area contributed by atoms with Gasteiger partial charge in [-0.25, -0.2) is 8.42 Å². The molecule has 2 aromatic rings. The van der Waals surface area contributed by atoms with Crippen LogP contribution < -0.4 is 9.64 Å². The van der Waals surface area contributed by atoms with E-state index >= 15 is 0 Å². The van der Waals surface area contributed by atoms with Gasteiger partial charge < -0.3 is 14.2 Å². The largest absolute Gasteiger partial charge is 0.489 e. The third kappa shape index (κ3) is 3.18. The zero-order chi connectivity index (χ0) is 19.9. The number of ether oxygens (including phenoxy) is 1. The van der Waals surface area contributed by atoms with E-state index < -0.39 is 10.0 Å². The molecule has 0 spiro atoms. The summed E-state index contributed by atoms with van der Waals surface area (Å²) in [7, 11) is -3.74. The number of aromatic nitrogens is 1. The fourth-order valence-electron chi connectivity index (χ4n) is 3.79. The minimum Gasteiger partial charge on any atom is -0.489 e. The topological polar surface area (TPSA) is 93.0 Å². The van der Waals surface area contributed by atoms with Crippen molar-refractivity contribution in [1.82, 2.24) is 9.46 Å². The van der Waals surface area contributed by atoms with E-state index in [9.17, 15) is 13.2 Å². The third-order valence-corrected chi connectivity index (χ3v) is 7.16. The van der Waals surface area contributed by atoms with Crippen molar-refractivity contribution >= 4 is 21.6 Å². The molecule has 0 saturated carbocycles. The standard InChI is InChI=1S/C19H23N3O5S/c1-3-14-11-19(27-20-14)17-5-4-8-22(17)28(24,25)15-6-7-16-18(12-15)26-10-9-21(16)13(2)23/h6-7,11-12,17H,3-5,8-10H2,1-2H3. The van der Waals surface area contributed by atoms with Gasteiger partial charge in [-0.2, -0.15) is 4.31 Å². The Morgan fingerprint density at radius 2 is 2.11 bits per heavy atom. The smallest absolute Gasteiger partial charge is 0.243 e. The molecule has 0 radical (unpaired) electrons. The highest BCUT2D eigenvalue weighted by Crippen LogP contribution is 2.39. The Kier molecular flexibility index (Phi) is 4.88. The van der Waals surface area contributed by atoms with Gasteiger partial charge in [-0.15, -0.1) is 0 Å².